The van der Waals surface area contributed by atoms with Gasteiger partial charge in [-0.2, -0.15) is 0 Å². The van der Waals surface area contributed by atoms with Gasteiger partial charge < -0.3 is 0 Å². The topological polar surface area (TPSA) is 75.5 Å². The van der Waals surface area contributed by atoms with Crippen LogP contribution in [0.5, 0.6) is 0 Å². The maximum Gasteiger partial charge on any atom is 0.294 e. The number of nitrogens with one attached hydrogen (secondary N) is 1. The van der Waals surface area contributed by atoms with Crippen molar-refractivity contribution in [2.24, 2.45) is 5.41 Å². The average molecular weight is 235 g/mol. The number of hydrogen-bond donors (Lipinski definition) is 1. The minimum Gasteiger partial charge on any atom is -0.278 e. The van der Waals surface area contributed by atoms with Gasteiger partial charge >= 0.3 is 0 Å². The van der Waals surface area contributed by atoms with Gasteiger partial charge in [-0.15, -0.1) is 0 Å². The molecule has 1 N–H and O–H groups in total. The third-order valence-corrected chi connectivity index (χ3v) is 2.77. The van der Waals surface area contributed by atoms with E-state index in [1.807, 2.05) is 0 Å². The lowest BCUT2D eigenvalue weighted by molar-refractivity contribution is -0.384. The summed E-state index contributed by atoms with van der Waals surface area (Å²) in [5.74, 6) is -0.129. The number of nitrogens with zero attached hydrogens (tertiary/aromatic N) is 2. The highest BCUT2D eigenvalue weighted by atomic mass is 16.6. The van der Waals surface area contributed by atoms with E-state index in [1.54, 1.807) is 32.0 Å². The summed E-state index contributed by atoms with van der Waals surface area (Å²) in [6, 6.07) is 6.36. The summed E-state index contributed by atoms with van der Waals surface area (Å²) in [6.45, 7) is 4.02. The van der Waals surface area contributed by atoms with Crippen molar-refractivity contribution < 1.29 is 9.72 Å². The molecule has 90 valence electrons. The van der Waals surface area contributed by atoms with Crippen molar-refractivity contribution in [2.75, 3.05) is 11.6 Å². The lowest BCUT2D eigenvalue weighted by Gasteiger charge is -2.18. The summed E-state index contributed by atoms with van der Waals surface area (Å²) < 4.78 is 0. The highest BCUT2D eigenvalue weighted by molar-refractivity contribution is 5.88. The van der Waals surface area contributed by atoms with Gasteiger partial charge in [0.2, 0.25) is 5.91 Å². The fraction of sp³-hybridized carbons (Fsp3) is 0.364. The fourth-order valence-corrected chi connectivity index (χ4v) is 1.77. The molecule has 0 unspecified atom stereocenters. The van der Waals surface area contributed by atoms with Gasteiger partial charge in [0, 0.05) is 6.07 Å². The van der Waals surface area contributed by atoms with E-state index < -0.39 is 10.3 Å². The minimum absolute atomic E-state index is 0.00880. The van der Waals surface area contributed by atoms with Crippen LogP contribution in [0.15, 0.2) is 24.3 Å². The molecular formula is C11H13N3O3. The molecule has 1 amide bonds. The molecule has 1 aliphatic heterocycles. The van der Waals surface area contributed by atoms with E-state index >= 15 is 0 Å². The van der Waals surface area contributed by atoms with Gasteiger partial charge in [0.25, 0.3) is 5.69 Å². The van der Waals surface area contributed by atoms with Crippen LogP contribution in [0.25, 0.3) is 0 Å². The number of para-hydroxylation sites is 2. The molecular weight excluding hydrogens is 222 g/mol. The maximum atomic E-state index is 11.6. The number of hydrazine groups is 1. The normalized spacial score (nSPS) is 18.0. The largest absolute Gasteiger partial charge is 0.294 e. The number of rotatable bonds is 2. The smallest absolute Gasteiger partial charge is 0.278 e. The summed E-state index contributed by atoms with van der Waals surface area (Å²) in [5.41, 5.74) is 2.51. The van der Waals surface area contributed by atoms with E-state index in [1.165, 1.54) is 11.1 Å². The number of nitro benzene ring substituents is 1. The summed E-state index contributed by atoms with van der Waals surface area (Å²) in [7, 11) is 0. The van der Waals surface area contributed by atoms with Crippen LogP contribution in [0.3, 0.4) is 0 Å². The highest BCUT2D eigenvalue weighted by Gasteiger charge is 2.39. The van der Waals surface area contributed by atoms with Gasteiger partial charge in [0.05, 0.1) is 16.9 Å². The van der Waals surface area contributed by atoms with Crippen molar-refractivity contribution in [2.45, 2.75) is 13.8 Å². The van der Waals surface area contributed by atoms with Crippen LogP contribution < -0.4 is 10.4 Å². The molecule has 0 bridgehead atoms. The van der Waals surface area contributed by atoms with E-state index in [9.17, 15) is 14.9 Å². The first kappa shape index (κ1) is 11.4. The number of hydrogen-bond acceptors (Lipinski definition) is 4. The Bertz CT molecular complexity index is 485. The number of anilines is 1. The third kappa shape index (κ3) is 1.93. The van der Waals surface area contributed by atoms with Crippen LogP contribution in [0.2, 0.25) is 0 Å². The summed E-state index contributed by atoms with van der Waals surface area (Å²) in [6.07, 6.45) is 0. The second-order valence-corrected chi connectivity index (χ2v) is 4.66. The first-order valence-electron chi connectivity index (χ1n) is 5.24. The van der Waals surface area contributed by atoms with E-state index in [0.29, 0.717) is 12.2 Å². The van der Waals surface area contributed by atoms with Gasteiger partial charge in [0.1, 0.15) is 5.69 Å². The Morgan fingerprint density at radius 2 is 2.06 bits per heavy atom. The van der Waals surface area contributed by atoms with Crippen LogP contribution in [-0.4, -0.2) is 17.4 Å². The van der Waals surface area contributed by atoms with Gasteiger partial charge in [-0.25, -0.2) is 0 Å². The van der Waals surface area contributed by atoms with Crippen molar-refractivity contribution in [1.29, 1.82) is 0 Å². The summed E-state index contributed by atoms with van der Waals surface area (Å²) in [5, 5.41) is 12.4. The Morgan fingerprint density at radius 1 is 1.41 bits per heavy atom. The van der Waals surface area contributed by atoms with Crippen LogP contribution in [-0.2, 0) is 4.79 Å². The second kappa shape index (κ2) is 3.73. The average Bonchev–Trinajstić information content (AvgIpc) is 2.53. The number of amides is 1. The standard InChI is InChI=1S/C11H13N3O3/c1-11(2)7-13(12-10(11)15)8-5-3-4-6-9(8)14(16)17/h3-6H,7H2,1-2H3,(H,12,15). The monoisotopic (exact) mass is 235 g/mol. The first-order chi connectivity index (χ1) is 7.92. The number of carbonyl (C=O) groups is 1. The predicted molar refractivity (Wildman–Crippen MR) is 62.4 cm³/mol. The third-order valence-electron chi connectivity index (χ3n) is 2.77. The zero-order valence-corrected chi connectivity index (χ0v) is 9.64. The SMILES string of the molecule is CC1(C)CN(c2ccccc2[N+](=O)[O-])NC1=O. The lowest BCUT2D eigenvalue weighted by atomic mass is 9.94. The van der Waals surface area contributed by atoms with Crippen LogP contribution >= 0.6 is 0 Å². The molecule has 0 aliphatic carbocycles. The Balaban J connectivity index is 2.37. The van der Waals surface area contributed by atoms with Gasteiger partial charge in [-0.1, -0.05) is 12.1 Å². The van der Waals surface area contributed by atoms with Crippen LogP contribution in [0, 0.1) is 15.5 Å². The molecule has 1 aliphatic rings. The minimum atomic E-state index is -0.538. The van der Waals surface area contributed by atoms with Crippen molar-refractivity contribution in [1.82, 2.24) is 5.43 Å². The van der Waals surface area contributed by atoms with Crippen molar-refractivity contribution in [3.8, 4) is 0 Å². The number of carbonyl (C=O) groups excluding carboxylic acids is 1. The van der Waals surface area contributed by atoms with Crippen molar-refractivity contribution in [3.05, 3.63) is 34.4 Å². The Labute approximate surface area is 98.3 Å². The Hall–Kier alpha value is -2.11. The molecule has 0 atom stereocenters. The van der Waals surface area contributed by atoms with E-state index in [-0.39, 0.29) is 11.6 Å². The number of nitro groups is 1. The first-order valence-corrected chi connectivity index (χ1v) is 5.24. The molecule has 1 heterocycles. The zero-order valence-electron chi connectivity index (χ0n) is 9.64. The predicted octanol–water partition coefficient (Wildman–Crippen LogP) is 1.47. The molecule has 17 heavy (non-hydrogen) atoms. The molecule has 2 rings (SSSR count). The van der Waals surface area contributed by atoms with E-state index in [4.69, 9.17) is 0 Å². The Kier molecular flexibility index (Phi) is 2.49. The molecule has 0 radical (unpaired) electrons. The summed E-state index contributed by atoms with van der Waals surface area (Å²) >= 11 is 0. The Morgan fingerprint density at radius 3 is 2.59 bits per heavy atom. The maximum absolute atomic E-state index is 11.6. The van der Waals surface area contributed by atoms with Crippen molar-refractivity contribution >= 4 is 17.3 Å². The quantitative estimate of drug-likeness (QED) is 0.622. The fourth-order valence-electron chi connectivity index (χ4n) is 1.77. The van der Waals surface area contributed by atoms with Gasteiger partial charge in [-0.3, -0.25) is 25.3 Å². The number of benzene rings is 1. The van der Waals surface area contributed by atoms with E-state index in [0.717, 1.165) is 0 Å². The van der Waals surface area contributed by atoms with E-state index in [2.05, 4.69) is 5.43 Å². The molecule has 0 aromatic heterocycles. The molecule has 1 aromatic carbocycles. The summed E-state index contributed by atoms with van der Waals surface area (Å²) in [4.78, 5) is 22.1. The molecule has 1 aromatic rings. The second-order valence-electron chi connectivity index (χ2n) is 4.66. The molecule has 0 saturated carbocycles. The molecule has 1 fully saturated rings. The lowest BCUT2D eigenvalue weighted by Crippen LogP contribution is -2.33. The van der Waals surface area contributed by atoms with Crippen LogP contribution in [0.4, 0.5) is 11.4 Å². The highest BCUT2D eigenvalue weighted by Crippen LogP contribution is 2.32. The molecule has 0 spiro atoms. The van der Waals surface area contributed by atoms with Crippen LogP contribution in [0.1, 0.15) is 13.8 Å². The van der Waals surface area contributed by atoms with Gasteiger partial charge in [0.15, 0.2) is 0 Å². The molecule has 1 saturated heterocycles. The molecule has 6 nitrogen and oxygen atoms in total. The molecule has 6 heteroatoms. The van der Waals surface area contributed by atoms with Crippen molar-refractivity contribution in [3.63, 3.8) is 0 Å². The zero-order chi connectivity index (χ0) is 12.6. The van der Waals surface area contributed by atoms with Gasteiger partial charge in [-0.05, 0) is 19.9 Å².